The van der Waals surface area contributed by atoms with Crippen molar-refractivity contribution in [2.45, 2.75) is 51.5 Å². The van der Waals surface area contributed by atoms with Crippen LogP contribution < -0.4 is 10.0 Å². The van der Waals surface area contributed by atoms with Crippen LogP contribution in [-0.2, 0) is 10.0 Å². The second kappa shape index (κ2) is 7.59. The molecular formula is C14H25N3O2S. The highest BCUT2D eigenvalue weighted by molar-refractivity contribution is 7.89. The average molecular weight is 299 g/mol. The van der Waals surface area contributed by atoms with Gasteiger partial charge in [0.05, 0.1) is 0 Å². The highest BCUT2D eigenvalue weighted by Gasteiger charge is 2.23. The Hall–Kier alpha value is -1.14. The summed E-state index contributed by atoms with van der Waals surface area (Å²) in [5.41, 5.74) is 0. The number of nitrogens with one attached hydrogen (secondary N) is 2. The lowest BCUT2D eigenvalue weighted by Gasteiger charge is -2.20. The molecule has 1 aromatic rings. The smallest absolute Gasteiger partial charge is 0.244 e. The zero-order chi connectivity index (χ0) is 15.2. The van der Waals surface area contributed by atoms with Gasteiger partial charge in [-0.05, 0) is 31.4 Å². The van der Waals surface area contributed by atoms with Gasteiger partial charge in [0, 0.05) is 18.8 Å². The molecule has 0 aliphatic heterocycles. The van der Waals surface area contributed by atoms with Crippen LogP contribution in [0.15, 0.2) is 23.2 Å². The Morgan fingerprint density at radius 3 is 2.60 bits per heavy atom. The summed E-state index contributed by atoms with van der Waals surface area (Å²) < 4.78 is 27.6. The third-order valence-corrected chi connectivity index (χ3v) is 5.03. The van der Waals surface area contributed by atoms with E-state index in [0.29, 0.717) is 12.4 Å². The summed E-state index contributed by atoms with van der Waals surface area (Å²) in [5.74, 6) is 0.701. The molecule has 0 aromatic carbocycles. The fraction of sp³-hybridized carbons (Fsp3) is 0.643. The molecule has 0 bridgehead atoms. The van der Waals surface area contributed by atoms with Crippen molar-refractivity contribution in [1.29, 1.82) is 0 Å². The molecule has 2 atom stereocenters. The number of hydrogen-bond donors (Lipinski definition) is 2. The molecule has 5 nitrogen and oxygen atoms in total. The zero-order valence-electron chi connectivity index (χ0n) is 12.7. The van der Waals surface area contributed by atoms with Crippen molar-refractivity contribution in [3.63, 3.8) is 0 Å². The van der Waals surface area contributed by atoms with Crippen molar-refractivity contribution in [1.82, 2.24) is 9.71 Å². The Labute approximate surface area is 122 Å². The van der Waals surface area contributed by atoms with E-state index >= 15 is 0 Å². The maximum absolute atomic E-state index is 12.5. The predicted molar refractivity (Wildman–Crippen MR) is 82.3 cm³/mol. The molecule has 6 heteroatoms. The van der Waals surface area contributed by atoms with Gasteiger partial charge in [0.25, 0.3) is 0 Å². The van der Waals surface area contributed by atoms with E-state index in [0.717, 1.165) is 12.8 Å². The average Bonchev–Trinajstić information content (AvgIpc) is 2.43. The normalized spacial score (nSPS) is 14.8. The number of hydrogen-bond acceptors (Lipinski definition) is 4. The Morgan fingerprint density at radius 2 is 2.00 bits per heavy atom. The molecule has 1 aromatic heterocycles. The largest absolute Gasteiger partial charge is 0.369 e. The number of rotatable bonds is 8. The van der Waals surface area contributed by atoms with Crippen LogP contribution in [0.5, 0.6) is 0 Å². The summed E-state index contributed by atoms with van der Waals surface area (Å²) in [6, 6.07) is 3.11. The quantitative estimate of drug-likeness (QED) is 0.774. The van der Waals surface area contributed by atoms with Gasteiger partial charge in [-0.1, -0.05) is 27.2 Å². The summed E-state index contributed by atoms with van der Waals surface area (Å²) in [7, 11) is -3.55. The molecule has 0 amide bonds. The minimum Gasteiger partial charge on any atom is -0.369 e. The van der Waals surface area contributed by atoms with Gasteiger partial charge in [0.1, 0.15) is 10.7 Å². The van der Waals surface area contributed by atoms with E-state index < -0.39 is 10.0 Å². The molecule has 1 rings (SSSR count). The molecular weight excluding hydrogens is 274 g/mol. The summed E-state index contributed by atoms with van der Waals surface area (Å²) in [6.45, 7) is 8.69. The second-order valence-electron chi connectivity index (χ2n) is 5.07. The van der Waals surface area contributed by atoms with Crippen LogP contribution in [-0.4, -0.2) is 26.0 Å². The number of sulfonamides is 1. The van der Waals surface area contributed by atoms with Crippen LogP contribution in [0.25, 0.3) is 0 Å². The molecule has 1 heterocycles. The molecule has 0 saturated carbocycles. The van der Waals surface area contributed by atoms with Gasteiger partial charge in [-0.25, -0.2) is 18.1 Å². The molecule has 2 unspecified atom stereocenters. The molecule has 0 aliphatic carbocycles. The summed E-state index contributed by atoms with van der Waals surface area (Å²) in [4.78, 5) is 4.34. The van der Waals surface area contributed by atoms with Crippen LogP contribution in [0.4, 0.5) is 5.82 Å². The molecule has 0 aliphatic rings. The van der Waals surface area contributed by atoms with E-state index in [-0.39, 0.29) is 16.9 Å². The summed E-state index contributed by atoms with van der Waals surface area (Å²) in [6.07, 6.45) is 3.43. The van der Waals surface area contributed by atoms with E-state index in [2.05, 4.69) is 15.0 Å². The first-order chi connectivity index (χ1) is 9.42. The van der Waals surface area contributed by atoms with Gasteiger partial charge in [-0.2, -0.15) is 0 Å². The zero-order valence-corrected chi connectivity index (χ0v) is 13.5. The summed E-state index contributed by atoms with van der Waals surface area (Å²) in [5, 5.41) is 3.06. The molecule has 0 spiro atoms. The van der Waals surface area contributed by atoms with E-state index in [1.807, 2.05) is 27.7 Å². The Bertz CT molecular complexity index is 517. The van der Waals surface area contributed by atoms with Gasteiger partial charge in [0.2, 0.25) is 10.0 Å². The van der Waals surface area contributed by atoms with Crippen molar-refractivity contribution < 1.29 is 8.42 Å². The van der Waals surface area contributed by atoms with Gasteiger partial charge in [-0.15, -0.1) is 0 Å². The Kier molecular flexibility index (Phi) is 6.42. The van der Waals surface area contributed by atoms with Crippen LogP contribution >= 0.6 is 0 Å². The highest BCUT2D eigenvalue weighted by Crippen LogP contribution is 2.19. The second-order valence-corrected chi connectivity index (χ2v) is 6.75. The van der Waals surface area contributed by atoms with Gasteiger partial charge in [-0.3, -0.25) is 0 Å². The maximum Gasteiger partial charge on any atom is 0.244 e. The van der Waals surface area contributed by atoms with Crippen LogP contribution in [0.3, 0.4) is 0 Å². The fourth-order valence-corrected chi connectivity index (χ4v) is 3.25. The standard InChI is InChI=1S/C14H25N3O2S/c1-5-9-15-14-13(8-7-10-16-14)20(18,19)17-12(4)11(3)6-2/h7-8,10-12,17H,5-6,9H2,1-4H3,(H,15,16). The lowest BCUT2D eigenvalue weighted by molar-refractivity contribution is 0.434. The molecule has 0 saturated heterocycles. The summed E-state index contributed by atoms with van der Waals surface area (Å²) >= 11 is 0. The Morgan fingerprint density at radius 1 is 1.30 bits per heavy atom. The number of pyridine rings is 1. The minimum absolute atomic E-state index is 0.107. The van der Waals surface area contributed by atoms with Crippen molar-refractivity contribution in [3.05, 3.63) is 18.3 Å². The first-order valence-corrected chi connectivity index (χ1v) is 8.61. The number of anilines is 1. The third kappa shape index (κ3) is 4.45. The van der Waals surface area contributed by atoms with Crippen molar-refractivity contribution >= 4 is 15.8 Å². The molecule has 2 N–H and O–H groups in total. The van der Waals surface area contributed by atoms with E-state index in [1.54, 1.807) is 18.3 Å². The maximum atomic E-state index is 12.5. The topological polar surface area (TPSA) is 71.1 Å². The Balaban J connectivity index is 2.97. The van der Waals surface area contributed by atoms with E-state index in [9.17, 15) is 8.42 Å². The first kappa shape index (κ1) is 16.9. The number of aromatic nitrogens is 1. The third-order valence-electron chi connectivity index (χ3n) is 3.44. The first-order valence-electron chi connectivity index (χ1n) is 7.13. The highest BCUT2D eigenvalue weighted by atomic mass is 32.2. The molecule has 20 heavy (non-hydrogen) atoms. The van der Waals surface area contributed by atoms with Crippen molar-refractivity contribution in [2.24, 2.45) is 5.92 Å². The van der Waals surface area contributed by atoms with Gasteiger partial charge < -0.3 is 5.32 Å². The molecule has 0 radical (unpaired) electrons. The van der Waals surface area contributed by atoms with E-state index in [4.69, 9.17) is 0 Å². The fourth-order valence-electron chi connectivity index (χ4n) is 1.76. The minimum atomic E-state index is -3.55. The van der Waals surface area contributed by atoms with Crippen LogP contribution in [0.1, 0.15) is 40.5 Å². The SMILES string of the molecule is CCCNc1ncccc1S(=O)(=O)NC(C)C(C)CC. The number of nitrogens with zero attached hydrogens (tertiary/aromatic N) is 1. The van der Waals surface area contributed by atoms with Crippen LogP contribution in [0.2, 0.25) is 0 Å². The van der Waals surface area contributed by atoms with Crippen molar-refractivity contribution in [2.75, 3.05) is 11.9 Å². The lowest BCUT2D eigenvalue weighted by atomic mass is 10.0. The van der Waals surface area contributed by atoms with Crippen LogP contribution in [0, 0.1) is 5.92 Å². The molecule has 0 fully saturated rings. The monoisotopic (exact) mass is 299 g/mol. The van der Waals surface area contributed by atoms with Gasteiger partial charge >= 0.3 is 0 Å². The predicted octanol–water partition coefficient (Wildman–Crippen LogP) is 2.62. The van der Waals surface area contributed by atoms with Gasteiger partial charge in [0.15, 0.2) is 0 Å². The lowest BCUT2D eigenvalue weighted by Crippen LogP contribution is -2.37. The van der Waals surface area contributed by atoms with E-state index in [1.165, 1.54) is 0 Å². The molecule has 114 valence electrons. The van der Waals surface area contributed by atoms with Crippen molar-refractivity contribution in [3.8, 4) is 0 Å².